The molecule has 1 fully saturated rings. The molecule has 0 amide bonds. The van der Waals surface area contributed by atoms with Crippen molar-refractivity contribution >= 4 is 27.2 Å². The van der Waals surface area contributed by atoms with Crippen molar-refractivity contribution in [3.8, 4) is 0 Å². The third kappa shape index (κ3) is 6.14. The van der Waals surface area contributed by atoms with E-state index in [2.05, 4.69) is 15.1 Å². The average Bonchev–Trinajstić information content (AvgIpc) is 3.60. The first-order chi connectivity index (χ1) is 19.5. The minimum atomic E-state index is -4.24. The number of fused-ring (bicyclic) bond motifs is 1. The molecule has 1 N–H and O–H groups in total. The number of rotatable bonds is 10. The molecule has 0 saturated carbocycles. The summed E-state index contributed by atoms with van der Waals surface area (Å²) in [6, 6.07) is 6.60. The van der Waals surface area contributed by atoms with Crippen LogP contribution >= 0.6 is 0 Å². The number of likely N-dealkylation sites (tertiary alicyclic amines) is 1. The second-order valence-corrected chi connectivity index (χ2v) is 12.3. The van der Waals surface area contributed by atoms with E-state index in [0.29, 0.717) is 29.6 Å². The van der Waals surface area contributed by atoms with Crippen molar-refractivity contribution in [1.82, 2.24) is 19.4 Å². The molecule has 1 aromatic heterocycles. The molecular formula is C27H30F2N6O5S. The third-order valence-corrected chi connectivity index (χ3v) is 9.48. The Kier molecular flexibility index (Phi) is 8.16. The predicted octanol–water partition coefficient (Wildman–Crippen LogP) is 3.30. The number of nitrogens with zero attached hydrogens (tertiary/aromatic N) is 5. The molecule has 2 aliphatic rings. The van der Waals surface area contributed by atoms with E-state index >= 15 is 0 Å². The van der Waals surface area contributed by atoms with Crippen molar-refractivity contribution in [3.63, 3.8) is 0 Å². The number of nitrogens with one attached hydrogen (secondary N) is 1. The Labute approximate surface area is 235 Å². The number of aromatic amines is 1. The number of nitro groups is 1. The van der Waals surface area contributed by atoms with E-state index < -0.39 is 37.3 Å². The Morgan fingerprint density at radius 2 is 1.83 bits per heavy atom. The number of nitro benzene ring substituents is 1. The van der Waals surface area contributed by atoms with E-state index in [-0.39, 0.29) is 42.9 Å². The molecule has 0 atom stereocenters. The van der Waals surface area contributed by atoms with E-state index in [1.165, 1.54) is 25.0 Å². The summed E-state index contributed by atoms with van der Waals surface area (Å²) < 4.78 is 54.7. The third-order valence-electron chi connectivity index (χ3n) is 7.66. The lowest BCUT2D eigenvalue weighted by molar-refractivity contribution is -0.385. The van der Waals surface area contributed by atoms with Crippen LogP contribution in [0.1, 0.15) is 40.2 Å². The predicted molar refractivity (Wildman–Crippen MR) is 146 cm³/mol. The maximum atomic E-state index is 13.7. The van der Waals surface area contributed by atoms with Gasteiger partial charge in [-0.2, -0.15) is 9.40 Å². The summed E-state index contributed by atoms with van der Waals surface area (Å²) in [7, 11) is -2.38. The maximum Gasteiger partial charge on any atom is 0.282 e. The molecule has 41 heavy (non-hydrogen) atoms. The van der Waals surface area contributed by atoms with Crippen molar-refractivity contribution in [3.05, 3.63) is 80.7 Å². The first-order valence-electron chi connectivity index (χ1n) is 13.3. The van der Waals surface area contributed by atoms with Gasteiger partial charge < -0.3 is 9.80 Å². The summed E-state index contributed by atoms with van der Waals surface area (Å²) in [6.45, 7) is 3.50. The zero-order chi connectivity index (χ0) is 29.3. The summed E-state index contributed by atoms with van der Waals surface area (Å²) in [5.74, 6) is -2.56. The Morgan fingerprint density at radius 3 is 2.51 bits per heavy atom. The lowest BCUT2D eigenvalue weighted by Gasteiger charge is -2.26. The fraction of sp³-hybridized carbons (Fsp3) is 0.407. The Hall–Kier alpha value is -3.75. The van der Waals surface area contributed by atoms with Gasteiger partial charge in [-0.15, -0.1) is 0 Å². The van der Waals surface area contributed by atoms with Gasteiger partial charge in [0.05, 0.1) is 27.5 Å². The molecular weight excluding hydrogens is 558 g/mol. The van der Waals surface area contributed by atoms with Gasteiger partial charge in [0.1, 0.15) is 11.6 Å². The number of ketones is 1. The van der Waals surface area contributed by atoms with Crippen LogP contribution in [0.4, 0.5) is 20.2 Å². The van der Waals surface area contributed by atoms with Crippen LogP contribution < -0.4 is 4.90 Å². The minimum absolute atomic E-state index is 0.0429. The number of benzene rings is 2. The molecule has 3 heterocycles. The van der Waals surface area contributed by atoms with E-state index in [1.807, 2.05) is 11.9 Å². The molecule has 0 unspecified atom stereocenters. The van der Waals surface area contributed by atoms with Crippen LogP contribution in [0.15, 0.2) is 41.3 Å². The van der Waals surface area contributed by atoms with Gasteiger partial charge in [-0.25, -0.2) is 17.2 Å². The highest BCUT2D eigenvalue weighted by Gasteiger charge is 2.33. The van der Waals surface area contributed by atoms with E-state index in [1.54, 1.807) is 6.07 Å². The number of likely N-dealkylation sites (N-methyl/N-ethyl adjacent to an activating group) is 1. The summed E-state index contributed by atoms with van der Waals surface area (Å²) >= 11 is 0. The summed E-state index contributed by atoms with van der Waals surface area (Å²) in [4.78, 5) is 28.4. The molecule has 0 aliphatic carbocycles. The molecule has 5 rings (SSSR count). The lowest BCUT2D eigenvalue weighted by Crippen LogP contribution is -2.36. The summed E-state index contributed by atoms with van der Waals surface area (Å²) in [6.07, 6.45) is 2.30. The molecule has 0 spiro atoms. The number of aromatic nitrogens is 2. The second-order valence-electron chi connectivity index (χ2n) is 10.3. The van der Waals surface area contributed by atoms with Crippen LogP contribution in [-0.2, 0) is 29.4 Å². The monoisotopic (exact) mass is 588 g/mol. The molecule has 2 aromatic carbocycles. The van der Waals surface area contributed by atoms with E-state index in [4.69, 9.17) is 0 Å². The molecule has 0 bridgehead atoms. The van der Waals surface area contributed by atoms with Crippen LogP contribution in [0.5, 0.6) is 0 Å². The summed E-state index contributed by atoms with van der Waals surface area (Å²) in [5.41, 5.74) is 1.59. The van der Waals surface area contributed by atoms with Crippen molar-refractivity contribution in [1.29, 1.82) is 0 Å². The SMILES string of the molecule is CN(CCN1CCCC1)c1ccc(C(=O)Cc2n[nH]c3c2CN(S(=O)(=O)c2cc(F)cc(F)c2)CC3)c([N+](=O)[O-])c1. The quantitative estimate of drug-likeness (QED) is 0.217. The van der Waals surface area contributed by atoms with Crippen LogP contribution in [0.25, 0.3) is 0 Å². The fourth-order valence-electron chi connectivity index (χ4n) is 5.33. The number of hydrogen-bond donors (Lipinski definition) is 1. The van der Waals surface area contributed by atoms with Crippen molar-refractivity contribution < 1.29 is 26.9 Å². The van der Waals surface area contributed by atoms with Crippen LogP contribution in [-0.4, -0.2) is 78.3 Å². The van der Waals surface area contributed by atoms with Gasteiger partial charge in [-0.1, -0.05) is 0 Å². The second kappa shape index (κ2) is 11.6. The lowest BCUT2D eigenvalue weighted by atomic mass is 9.99. The standard InChI is InChI=1S/C27H30F2N6O5S/c1-32(10-11-33-7-2-3-8-33)20-4-5-22(26(15-20)35(37)38)27(36)16-25-23-17-34(9-6-24(23)30-31-25)41(39,40)21-13-18(28)12-19(29)14-21/h4-5,12-15H,2-3,6-11,16-17H2,1H3,(H,30,31). The van der Waals surface area contributed by atoms with Gasteiger partial charge in [-0.05, 0) is 50.2 Å². The van der Waals surface area contributed by atoms with Gasteiger partial charge >= 0.3 is 0 Å². The number of Topliss-reactive ketones (excluding diaryl/α,β-unsaturated/α-hetero) is 1. The Morgan fingerprint density at radius 1 is 1.12 bits per heavy atom. The first-order valence-corrected chi connectivity index (χ1v) is 14.7. The van der Waals surface area contributed by atoms with E-state index in [0.717, 1.165) is 36.1 Å². The van der Waals surface area contributed by atoms with Gasteiger partial charge in [0, 0.05) is 68.7 Å². The first kappa shape index (κ1) is 28.8. The molecule has 2 aliphatic heterocycles. The van der Waals surface area contributed by atoms with Crippen molar-refractivity contribution in [2.45, 2.75) is 37.1 Å². The smallest absolute Gasteiger partial charge is 0.282 e. The van der Waals surface area contributed by atoms with Gasteiger partial charge in [-0.3, -0.25) is 20.0 Å². The molecule has 218 valence electrons. The van der Waals surface area contributed by atoms with Gasteiger partial charge in [0.15, 0.2) is 5.78 Å². The Balaban J connectivity index is 1.33. The number of carbonyl (C=O) groups is 1. The zero-order valence-electron chi connectivity index (χ0n) is 22.5. The number of hydrogen-bond acceptors (Lipinski definition) is 8. The molecule has 0 radical (unpaired) electrons. The number of H-pyrrole nitrogens is 1. The van der Waals surface area contributed by atoms with Gasteiger partial charge in [0.2, 0.25) is 10.0 Å². The van der Waals surface area contributed by atoms with Crippen molar-refractivity contribution in [2.24, 2.45) is 0 Å². The highest BCUT2D eigenvalue weighted by molar-refractivity contribution is 7.89. The number of anilines is 1. The average molecular weight is 589 g/mol. The largest absolute Gasteiger partial charge is 0.373 e. The molecule has 11 nitrogen and oxygen atoms in total. The highest BCUT2D eigenvalue weighted by Crippen LogP contribution is 2.30. The zero-order valence-corrected chi connectivity index (χ0v) is 23.3. The molecule has 3 aromatic rings. The molecule has 1 saturated heterocycles. The Bertz CT molecular complexity index is 1570. The van der Waals surface area contributed by atoms with E-state index in [9.17, 15) is 32.1 Å². The number of halogens is 2. The van der Waals surface area contributed by atoms with Crippen LogP contribution in [0, 0.1) is 21.7 Å². The fourth-order valence-corrected chi connectivity index (χ4v) is 6.78. The van der Waals surface area contributed by atoms with Crippen LogP contribution in [0.3, 0.4) is 0 Å². The number of carbonyl (C=O) groups excluding carboxylic acids is 1. The summed E-state index contributed by atoms with van der Waals surface area (Å²) in [5, 5.41) is 18.9. The van der Waals surface area contributed by atoms with Gasteiger partial charge in [0.25, 0.3) is 5.69 Å². The topological polar surface area (TPSA) is 133 Å². The molecule has 14 heteroatoms. The highest BCUT2D eigenvalue weighted by atomic mass is 32.2. The maximum absolute atomic E-state index is 13.7. The van der Waals surface area contributed by atoms with Crippen LogP contribution in [0.2, 0.25) is 0 Å². The number of sulfonamides is 1. The normalized spacial score (nSPS) is 16.1. The minimum Gasteiger partial charge on any atom is -0.373 e. The van der Waals surface area contributed by atoms with Crippen molar-refractivity contribution in [2.75, 3.05) is 44.7 Å².